The third kappa shape index (κ3) is 3.54. The summed E-state index contributed by atoms with van der Waals surface area (Å²) in [5.74, 6) is -0.306. The maximum absolute atomic E-state index is 11.2. The summed E-state index contributed by atoms with van der Waals surface area (Å²) in [6.07, 6.45) is 0.872. The molecule has 0 saturated carbocycles. The minimum atomic E-state index is -0.306. The van der Waals surface area contributed by atoms with E-state index in [1.54, 1.807) is 11.3 Å². The van der Waals surface area contributed by atoms with Gasteiger partial charge >= 0.3 is 0 Å². The Morgan fingerprint density at radius 3 is 2.56 bits per heavy atom. The lowest BCUT2D eigenvalue weighted by atomic mass is 10.0. The molecular formula is C13H23N3OS. The lowest BCUT2D eigenvalue weighted by Gasteiger charge is -2.33. The molecule has 1 heterocycles. The zero-order valence-corrected chi connectivity index (χ0v) is 12.2. The van der Waals surface area contributed by atoms with Crippen LogP contribution < -0.4 is 11.5 Å². The zero-order chi connectivity index (χ0) is 13.7. The molecule has 4 nitrogen and oxygen atoms in total. The van der Waals surface area contributed by atoms with Gasteiger partial charge in [0.1, 0.15) is 0 Å². The summed E-state index contributed by atoms with van der Waals surface area (Å²) in [7, 11) is 0. The SMILES string of the molecule is CCC(N)C(c1sccc1C)N(CC)CC(N)=O. The Hall–Kier alpha value is -0.910. The highest BCUT2D eigenvalue weighted by atomic mass is 32.1. The Morgan fingerprint density at radius 1 is 1.50 bits per heavy atom. The van der Waals surface area contributed by atoms with E-state index < -0.39 is 0 Å². The van der Waals surface area contributed by atoms with E-state index in [4.69, 9.17) is 11.5 Å². The molecule has 1 amide bonds. The normalized spacial score (nSPS) is 14.7. The number of aryl methyl sites for hydroxylation is 1. The molecule has 0 radical (unpaired) electrons. The molecule has 102 valence electrons. The van der Waals surface area contributed by atoms with Crippen LogP contribution in [-0.2, 0) is 4.79 Å². The van der Waals surface area contributed by atoms with Crippen LogP contribution in [0, 0.1) is 6.92 Å². The number of hydrogen-bond acceptors (Lipinski definition) is 4. The van der Waals surface area contributed by atoms with Gasteiger partial charge in [0.2, 0.25) is 5.91 Å². The van der Waals surface area contributed by atoms with E-state index in [-0.39, 0.29) is 24.5 Å². The van der Waals surface area contributed by atoms with Gasteiger partial charge in [-0.05, 0) is 36.9 Å². The molecule has 18 heavy (non-hydrogen) atoms. The van der Waals surface area contributed by atoms with Gasteiger partial charge in [0, 0.05) is 10.9 Å². The van der Waals surface area contributed by atoms with Gasteiger partial charge in [0.15, 0.2) is 0 Å². The first-order valence-corrected chi connectivity index (χ1v) is 7.21. The number of carbonyl (C=O) groups is 1. The highest BCUT2D eigenvalue weighted by molar-refractivity contribution is 7.10. The van der Waals surface area contributed by atoms with Crippen LogP contribution in [0.2, 0.25) is 0 Å². The second kappa shape index (κ2) is 6.87. The predicted octanol–water partition coefficient (Wildman–Crippen LogP) is 1.64. The van der Waals surface area contributed by atoms with Crippen molar-refractivity contribution in [1.29, 1.82) is 0 Å². The topological polar surface area (TPSA) is 72.3 Å². The van der Waals surface area contributed by atoms with Crippen LogP contribution in [0.15, 0.2) is 11.4 Å². The fourth-order valence-corrected chi connectivity index (χ4v) is 3.28. The molecule has 0 aliphatic carbocycles. The van der Waals surface area contributed by atoms with Crippen molar-refractivity contribution in [3.05, 3.63) is 21.9 Å². The Morgan fingerprint density at radius 2 is 2.17 bits per heavy atom. The van der Waals surface area contributed by atoms with Crippen LogP contribution in [0.1, 0.15) is 36.8 Å². The number of hydrogen-bond donors (Lipinski definition) is 2. The zero-order valence-electron chi connectivity index (χ0n) is 11.3. The molecule has 5 heteroatoms. The van der Waals surface area contributed by atoms with Crippen molar-refractivity contribution in [3.8, 4) is 0 Å². The van der Waals surface area contributed by atoms with Crippen molar-refractivity contribution in [2.24, 2.45) is 11.5 Å². The van der Waals surface area contributed by atoms with E-state index in [2.05, 4.69) is 30.2 Å². The van der Waals surface area contributed by atoms with Gasteiger partial charge in [-0.25, -0.2) is 0 Å². The summed E-state index contributed by atoms with van der Waals surface area (Å²) in [4.78, 5) is 14.5. The minimum absolute atomic E-state index is 0.0154. The molecular weight excluding hydrogens is 246 g/mol. The minimum Gasteiger partial charge on any atom is -0.369 e. The Bertz CT molecular complexity index is 391. The summed E-state index contributed by atoms with van der Waals surface area (Å²) in [5, 5.41) is 2.07. The molecule has 0 spiro atoms. The van der Waals surface area contributed by atoms with E-state index in [0.29, 0.717) is 0 Å². The molecule has 0 aromatic carbocycles. The van der Waals surface area contributed by atoms with Crippen LogP contribution in [0.4, 0.5) is 0 Å². The van der Waals surface area contributed by atoms with Crippen LogP contribution in [0.3, 0.4) is 0 Å². The predicted molar refractivity (Wildman–Crippen MR) is 76.5 cm³/mol. The summed E-state index contributed by atoms with van der Waals surface area (Å²) in [5.41, 5.74) is 12.8. The molecule has 0 bridgehead atoms. The monoisotopic (exact) mass is 269 g/mol. The summed E-state index contributed by atoms with van der Waals surface area (Å²) >= 11 is 1.70. The number of carbonyl (C=O) groups excluding carboxylic acids is 1. The van der Waals surface area contributed by atoms with Gasteiger partial charge in [-0.3, -0.25) is 9.69 Å². The molecule has 1 aromatic rings. The fraction of sp³-hybridized carbons (Fsp3) is 0.615. The van der Waals surface area contributed by atoms with Crippen LogP contribution in [-0.4, -0.2) is 29.9 Å². The maximum Gasteiger partial charge on any atom is 0.231 e. The number of primary amides is 1. The summed E-state index contributed by atoms with van der Waals surface area (Å²) in [6.45, 7) is 7.20. The highest BCUT2D eigenvalue weighted by Crippen LogP contribution is 2.31. The van der Waals surface area contributed by atoms with E-state index in [1.165, 1.54) is 10.4 Å². The van der Waals surface area contributed by atoms with E-state index >= 15 is 0 Å². The summed E-state index contributed by atoms with van der Waals surface area (Å²) in [6, 6.07) is 2.18. The number of thiophene rings is 1. The van der Waals surface area contributed by atoms with Gasteiger partial charge in [-0.2, -0.15) is 0 Å². The molecule has 4 N–H and O–H groups in total. The molecule has 0 aliphatic heterocycles. The van der Waals surface area contributed by atoms with Crippen molar-refractivity contribution in [1.82, 2.24) is 4.90 Å². The molecule has 0 saturated heterocycles. The maximum atomic E-state index is 11.2. The largest absolute Gasteiger partial charge is 0.369 e. The number of nitrogens with two attached hydrogens (primary N) is 2. The molecule has 1 rings (SSSR count). The number of nitrogens with zero attached hydrogens (tertiary/aromatic N) is 1. The van der Waals surface area contributed by atoms with Crippen molar-refractivity contribution in [2.45, 2.75) is 39.3 Å². The quantitative estimate of drug-likeness (QED) is 0.790. The van der Waals surface area contributed by atoms with Crippen LogP contribution in [0.5, 0.6) is 0 Å². The first-order valence-electron chi connectivity index (χ1n) is 6.33. The van der Waals surface area contributed by atoms with Crippen LogP contribution in [0.25, 0.3) is 0 Å². The third-order valence-corrected chi connectivity index (χ3v) is 4.30. The van der Waals surface area contributed by atoms with E-state index in [9.17, 15) is 4.79 Å². The number of likely N-dealkylation sites (N-methyl/N-ethyl adjacent to an activating group) is 1. The van der Waals surface area contributed by atoms with Crippen LogP contribution >= 0.6 is 11.3 Å². The van der Waals surface area contributed by atoms with Crippen molar-refractivity contribution >= 4 is 17.2 Å². The lowest BCUT2D eigenvalue weighted by molar-refractivity contribution is -0.119. The molecule has 2 unspecified atom stereocenters. The molecule has 1 aromatic heterocycles. The average molecular weight is 269 g/mol. The first kappa shape index (κ1) is 15.1. The Kier molecular flexibility index (Phi) is 5.78. The molecule has 0 aliphatic rings. The Labute approximate surface area is 113 Å². The standard InChI is InChI=1S/C13H23N3OS/c1-4-10(14)12(13-9(3)6-7-18-13)16(5-2)8-11(15)17/h6-7,10,12H,4-5,8,14H2,1-3H3,(H2,15,17). The van der Waals surface area contributed by atoms with Crippen molar-refractivity contribution < 1.29 is 4.79 Å². The smallest absolute Gasteiger partial charge is 0.231 e. The fourth-order valence-electron chi connectivity index (χ4n) is 2.15. The van der Waals surface area contributed by atoms with Gasteiger partial charge in [0.25, 0.3) is 0 Å². The van der Waals surface area contributed by atoms with Crippen molar-refractivity contribution in [2.75, 3.05) is 13.1 Å². The number of rotatable bonds is 7. The van der Waals surface area contributed by atoms with Crippen molar-refractivity contribution in [3.63, 3.8) is 0 Å². The van der Waals surface area contributed by atoms with E-state index in [1.807, 2.05) is 6.92 Å². The lowest BCUT2D eigenvalue weighted by Crippen LogP contribution is -2.44. The molecule has 2 atom stereocenters. The second-order valence-electron chi connectivity index (χ2n) is 4.51. The second-order valence-corrected chi connectivity index (χ2v) is 5.46. The van der Waals surface area contributed by atoms with Gasteiger partial charge in [-0.15, -0.1) is 11.3 Å². The molecule has 0 fully saturated rings. The highest BCUT2D eigenvalue weighted by Gasteiger charge is 2.27. The first-order chi connectivity index (χ1) is 8.51. The Balaban J connectivity index is 3.04. The van der Waals surface area contributed by atoms with Gasteiger partial charge in [0.05, 0.1) is 12.6 Å². The van der Waals surface area contributed by atoms with E-state index in [0.717, 1.165) is 13.0 Å². The third-order valence-electron chi connectivity index (χ3n) is 3.21. The summed E-state index contributed by atoms with van der Waals surface area (Å²) < 4.78 is 0. The van der Waals surface area contributed by atoms with Gasteiger partial charge in [-0.1, -0.05) is 13.8 Å². The number of amides is 1. The average Bonchev–Trinajstić information content (AvgIpc) is 2.74. The van der Waals surface area contributed by atoms with Gasteiger partial charge < -0.3 is 11.5 Å².